The molecule has 2 heterocycles. The summed E-state index contributed by atoms with van der Waals surface area (Å²) in [5, 5.41) is 11.5. The van der Waals surface area contributed by atoms with Crippen molar-refractivity contribution in [3.63, 3.8) is 0 Å². The molecule has 1 aromatic heterocycles. The Morgan fingerprint density at radius 3 is 2.58 bits per heavy atom. The SMILES string of the molecule is Nc1nc(NCC(O)C(F)F)nc(N2CCCC2)n1. The minimum atomic E-state index is -2.82. The summed E-state index contributed by atoms with van der Waals surface area (Å²) in [6.07, 6.45) is -2.48. The fourth-order valence-electron chi connectivity index (χ4n) is 1.80. The van der Waals surface area contributed by atoms with E-state index >= 15 is 0 Å². The van der Waals surface area contributed by atoms with E-state index < -0.39 is 12.5 Å². The van der Waals surface area contributed by atoms with Gasteiger partial charge in [-0.05, 0) is 12.8 Å². The molecule has 1 atom stereocenters. The highest BCUT2D eigenvalue weighted by Crippen LogP contribution is 2.17. The normalized spacial score (nSPS) is 16.9. The van der Waals surface area contributed by atoms with Gasteiger partial charge in [0.05, 0.1) is 0 Å². The average Bonchev–Trinajstić information content (AvgIpc) is 2.89. The molecule has 0 aromatic carbocycles. The van der Waals surface area contributed by atoms with Gasteiger partial charge >= 0.3 is 0 Å². The molecule has 0 amide bonds. The molecule has 1 unspecified atom stereocenters. The first-order valence-electron chi connectivity index (χ1n) is 6.03. The minimum Gasteiger partial charge on any atom is -0.385 e. The van der Waals surface area contributed by atoms with E-state index in [1.54, 1.807) is 0 Å². The van der Waals surface area contributed by atoms with E-state index in [1.807, 2.05) is 4.90 Å². The summed E-state index contributed by atoms with van der Waals surface area (Å²) in [7, 11) is 0. The maximum Gasteiger partial charge on any atom is 0.265 e. The molecule has 1 saturated heterocycles. The summed E-state index contributed by atoms with van der Waals surface area (Å²) in [5.74, 6) is 0.541. The molecule has 1 aromatic rings. The van der Waals surface area contributed by atoms with Crippen molar-refractivity contribution >= 4 is 17.8 Å². The van der Waals surface area contributed by atoms with Crippen molar-refractivity contribution in [3.05, 3.63) is 0 Å². The molecular weight excluding hydrogens is 258 g/mol. The molecule has 19 heavy (non-hydrogen) atoms. The Morgan fingerprint density at radius 1 is 1.26 bits per heavy atom. The smallest absolute Gasteiger partial charge is 0.265 e. The van der Waals surface area contributed by atoms with E-state index in [2.05, 4.69) is 20.3 Å². The zero-order valence-electron chi connectivity index (χ0n) is 10.3. The predicted octanol–water partition coefficient (Wildman–Crippen LogP) is 0.0919. The second kappa shape index (κ2) is 5.91. The summed E-state index contributed by atoms with van der Waals surface area (Å²) in [4.78, 5) is 13.9. The van der Waals surface area contributed by atoms with Gasteiger partial charge in [0, 0.05) is 19.6 Å². The maximum atomic E-state index is 12.2. The van der Waals surface area contributed by atoms with Gasteiger partial charge in [0.25, 0.3) is 6.43 Å². The number of hydrogen-bond acceptors (Lipinski definition) is 7. The van der Waals surface area contributed by atoms with Gasteiger partial charge in [-0.1, -0.05) is 0 Å². The van der Waals surface area contributed by atoms with Crippen LogP contribution in [0.4, 0.5) is 26.6 Å². The summed E-state index contributed by atoms with van der Waals surface area (Å²) >= 11 is 0. The van der Waals surface area contributed by atoms with Gasteiger partial charge in [-0.15, -0.1) is 0 Å². The molecule has 4 N–H and O–H groups in total. The van der Waals surface area contributed by atoms with Crippen LogP contribution >= 0.6 is 0 Å². The lowest BCUT2D eigenvalue weighted by Gasteiger charge is -2.16. The van der Waals surface area contributed by atoms with Gasteiger partial charge in [-0.25, -0.2) is 8.78 Å². The summed E-state index contributed by atoms with van der Waals surface area (Å²) in [6.45, 7) is 1.33. The lowest BCUT2D eigenvalue weighted by atomic mass is 10.4. The molecule has 0 radical (unpaired) electrons. The van der Waals surface area contributed by atoms with Crippen LogP contribution < -0.4 is 16.0 Å². The Morgan fingerprint density at radius 2 is 1.95 bits per heavy atom. The van der Waals surface area contributed by atoms with E-state index in [0.29, 0.717) is 5.95 Å². The first kappa shape index (κ1) is 13.7. The van der Waals surface area contributed by atoms with E-state index in [1.165, 1.54) is 0 Å². The molecule has 1 aliphatic heterocycles. The number of nitrogen functional groups attached to an aromatic ring is 1. The van der Waals surface area contributed by atoms with Gasteiger partial charge in [0.1, 0.15) is 6.10 Å². The minimum absolute atomic E-state index is 0.0194. The number of nitrogens with two attached hydrogens (primary N) is 1. The standard InChI is InChI=1S/C10H16F2N6O/c11-7(12)6(19)5-14-9-15-8(13)16-10(17-9)18-3-1-2-4-18/h6-7,19H,1-5H2,(H3,13,14,15,16,17). The van der Waals surface area contributed by atoms with Crippen LogP contribution in [0.25, 0.3) is 0 Å². The van der Waals surface area contributed by atoms with Crippen molar-refractivity contribution in [1.29, 1.82) is 0 Å². The highest BCUT2D eigenvalue weighted by molar-refractivity contribution is 5.42. The maximum absolute atomic E-state index is 12.2. The van der Waals surface area contributed by atoms with Crippen molar-refractivity contribution in [2.45, 2.75) is 25.4 Å². The zero-order chi connectivity index (χ0) is 13.8. The molecule has 7 nitrogen and oxygen atoms in total. The lowest BCUT2D eigenvalue weighted by Crippen LogP contribution is -2.28. The number of aliphatic hydroxyl groups excluding tert-OH is 1. The van der Waals surface area contributed by atoms with Gasteiger partial charge in [-0.3, -0.25) is 0 Å². The van der Waals surface area contributed by atoms with Crippen LogP contribution in [0.2, 0.25) is 0 Å². The number of nitrogens with one attached hydrogen (secondary N) is 1. The van der Waals surface area contributed by atoms with E-state index in [9.17, 15) is 8.78 Å². The van der Waals surface area contributed by atoms with E-state index in [4.69, 9.17) is 10.8 Å². The van der Waals surface area contributed by atoms with Crippen molar-refractivity contribution in [2.75, 3.05) is 35.6 Å². The first-order valence-corrected chi connectivity index (χ1v) is 6.03. The second-order valence-corrected chi connectivity index (χ2v) is 4.29. The quantitative estimate of drug-likeness (QED) is 0.699. The number of hydrogen-bond donors (Lipinski definition) is 3. The third-order valence-electron chi connectivity index (χ3n) is 2.79. The second-order valence-electron chi connectivity index (χ2n) is 4.29. The Bertz CT molecular complexity index is 426. The number of halogens is 2. The molecule has 0 saturated carbocycles. The molecule has 106 valence electrons. The van der Waals surface area contributed by atoms with Crippen LogP contribution in [-0.2, 0) is 0 Å². The van der Waals surface area contributed by atoms with Crippen LogP contribution in [0.1, 0.15) is 12.8 Å². The number of anilines is 3. The molecule has 0 bridgehead atoms. The van der Waals surface area contributed by atoms with Crippen molar-refractivity contribution in [3.8, 4) is 0 Å². The molecule has 0 spiro atoms. The van der Waals surface area contributed by atoms with Crippen LogP contribution in [-0.4, -0.2) is 52.2 Å². The Kier molecular flexibility index (Phi) is 4.25. The third kappa shape index (κ3) is 3.60. The largest absolute Gasteiger partial charge is 0.385 e. The molecule has 9 heteroatoms. The van der Waals surface area contributed by atoms with Crippen LogP contribution in [0.3, 0.4) is 0 Å². The number of rotatable bonds is 5. The van der Waals surface area contributed by atoms with E-state index in [0.717, 1.165) is 25.9 Å². The summed E-state index contributed by atoms with van der Waals surface area (Å²) < 4.78 is 24.3. The van der Waals surface area contributed by atoms with E-state index in [-0.39, 0.29) is 18.4 Å². The number of aliphatic hydroxyl groups is 1. The highest BCUT2D eigenvalue weighted by atomic mass is 19.3. The number of alkyl halides is 2. The fourth-order valence-corrected chi connectivity index (χ4v) is 1.80. The molecule has 1 fully saturated rings. The average molecular weight is 274 g/mol. The van der Waals surface area contributed by atoms with Gasteiger partial charge in [0.15, 0.2) is 0 Å². The molecule has 1 aliphatic rings. The monoisotopic (exact) mass is 274 g/mol. The molecular formula is C10H16F2N6O. The third-order valence-corrected chi connectivity index (χ3v) is 2.79. The number of nitrogens with zero attached hydrogens (tertiary/aromatic N) is 4. The fraction of sp³-hybridized carbons (Fsp3) is 0.700. The van der Waals surface area contributed by atoms with Crippen LogP contribution in [0.15, 0.2) is 0 Å². The highest BCUT2D eigenvalue weighted by Gasteiger charge is 2.19. The first-order chi connectivity index (χ1) is 9.06. The number of aromatic nitrogens is 3. The van der Waals surface area contributed by atoms with Crippen molar-refractivity contribution in [1.82, 2.24) is 15.0 Å². The Labute approximate surface area is 108 Å². The van der Waals surface area contributed by atoms with Gasteiger partial charge < -0.3 is 21.1 Å². The van der Waals surface area contributed by atoms with Crippen molar-refractivity contribution < 1.29 is 13.9 Å². The van der Waals surface area contributed by atoms with Gasteiger partial charge in [-0.2, -0.15) is 15.0 Å². The van der Waals surface area contributed by atoms with Crippen LogP contribution in [0, 0.1) is 0 Å². The predicted molar refractivity (Wildman–Crippen MR) is 66.2 cm³/mol. The Balaban J connectivity index is 2.04. The van der Waals surface area contributed by atoms with Crippen molar-refractivity contribution in [2.24, 2.45) is 0 Å². The van der Waals surface area contributed by atoms with Gasteiger partial charge in [0.2, 0.25) is 17.8 Å². The topological polar surface area (TPSA) is 100 Å². The Hall–Kier alpha value is -1.77. The van der Waals surface area contributed by atoms with Crippen LogP contribution in [0.5, 0.6) is 0 Å². The molecule has 0 aliphatic carbocycles. The summed E-state index contributed by atoms with van der Waals surface area (Å²) in [5.41, 5.74) is 5.55. The zero-order valence-corrected chi connectivity index (χ0v) is 10.3. The summed E-state index contributed by atoms with van der Waals surface area (Å²) in [6, 6.07) is 0. The lowest BCUT2D eigenvalue weighted by molar-refractivity contribution is 0.00376. The molecule has 2 rings (SSSR count).